The fraction of sp³-hybridized carbons (Fsp3) is 0.647. The Labute approximate surface area is 144 Å². The monoisotopic (exact) mass is 358 g/mol. The number of alkyl halides is 3. The third kappa shape index (κ3) is 3.67. The van der Waals surface area contributed by atoms with Crippen molar-refractivity contribution < 1.29 is 27.4 Å². The molecule has 138 valence electrons. The van der Waals surface area contributed by atoms with Crippen LogP contribution in [0.5, 0.6) is 5.88 Å². The number of carbonyl (C=O) groups is 1. The summed E-state index contributed by atoms with van der Waals surface area (Å²) in [6.07, 6.45) is -2.05. The Hall–Kier alpha value is -1.99. The number of likely N-dealkylation sites (tertiary alicyclic amines) is 1. The standard InChI is InChI=1S/C17H21F3N2O3/c1-15(2,3)25-14(23)22-8-4-7-16(22)9-12(16)24-13-6-5-11(10-21-13)17(18,19)20/h5-6,10,12H,4,7-9H2,1-3H3. The van der Waals surface area contributed by atoms with Crippen molar-refractivity contribution >= 4 is 6.09 Å². The van der Waals surface area contributed by atoms with E-state index in [1.54, 1.807) is 25.7 Å². The van der Waals surface area contributed by atoms with Crippen LogP contribution in [0.1, 0.15) is 45.6 Å². The molecule has 2 unspecified atom stereocenters. The van der Waals surface area contributed by atoms with Crippen molar-refractivity contribution in [3.63, 3.8) is 0 Å². The highest BCUT2D eigenvalue weighted by molar-refractivity contribution is 5.71. The molecule has 0 N–H and O–H groups in total. The maximum absolute atomic E-state index is 12.6. The molecule has 1 aromatic heterocycles. The Bertz CT molecular complexity index is 655. The molecule has 3 rings (SSSR count). The summed E-state index contributed by atoms with van der Waals surface area (Å²) >= 11 is 0. The fourth-order valence-electron chi connectivity index (χ4n) is 3.22. The third-order valence-electron chi connectivity index (χ3n) is 4.45. The largest absolute Gasteiger partial charge is 0.472 e. The molecule has 0 bridgehead atoms. The molecule has 1 saturated carbocycles. The van der Waals surface area contributed by atoms with Gasteiger partial charge in [-0.3, -0.25) is 4.90 Å². The van der Waals surface area contributed by atoms with E-state index >= 15 is 0 Å². The Morgan fingerprint density at radius 3 is 2.60 bits per heavy atom. The number of ether oxygens (including phenoxy) is 2. The van der Waals surface area contributed by atoms with Gasteiger partial charge in [0.1, 0.15) is 11.7 Å². The zero-order valence-electron chi connectivity index (χ0n) is 14.4. The fourth-order valence-corrected chi connectivity index (χ4v) is 3.22. The van der Waals surface area contributed by atoms with Crippen molar-refractivity contribution in [1.29, 1.82) is 0 Å². The molecule has 8 heteroatoms. The molecule has 25 heavy (non-hydrogen) atoms. The van der Waals surface area contributed by atoms with Crippen molar-refractivity contribution in [1.82, 2.24) is 9.88 Å². The van der Waals surface area contributed by atoms with Gasteiger partial charge in [-0.2, -0.15) is 13.2 Å². The number of pyridine rings is 1. The van der Waals surface area contributed by atoms with Crippen LogP contribution in [-0.4, -0.2) is 39.8 Å². The van der Waals surface area contributed by atoms with E-state index in [1.807, 2.05) is 0 Å². The van der Waals surface area contributed by atoms with E-state index in [-0.39, 0.29) is 18.1 Å². The summed E-state index contributed by atoms with van der Waals surface area (Å²) in [5, 5.41) is 0. The average Bonchev–Trinajstić information content (AvgIpc) is 2.96. The van der Waals surface area contributed by atoms with Crippen LogP contribution < -0.4 is 4.74 Å². The molecule has 1 aromatic rings. The third-order valence-corrected chi connectivity index (χ3v) is 4.45. The van der Waals surface area contributed by atoms with Gasteiger partial charge in [0.15, 0.2) is 0 Å². The Balaban J connectivity index is 1.65. The summed E-state index contributed by atoms with van der Waals surface area (Å²) in [5.41, 5.74) is -1.82. The lowest BCUT2D eigenvalue weighted by Gasteiger charge is -2.29. The summed E-state index contributed by atoms with van der Waals surface area (Å²) in [5.74, 6) is 0.130. The van der Waals surface area contributed by atoms with E-state index in [4.69, 9.17) is 9.47 Å². The summed E-state index contributed by atoms with van der Waals surface area (Å²) in [6.45, 7) is 6.01. The molecule has 1 aliphatic heterocycles. The molecule has 5 nitrogen and oxygen atoms in total. The van der Waals surface area contributed by atoms with E-state index < -0.39 is 22.9 Å². The lowest BCUT2D eigenvalue weighted by molar-refractivity contribution is -0.137. The molecule has 2 atom stereocenters. The highest BCUT2D eigenvalue weighted by Crippen LogP contribution is 2.52. The smallest absolute Gasteiger partial charge is 0.417 e. The number of nitrogens with zero attached hydrogens (tertiary/aromatic N) is 2. The van der Waals surface area contributed by atoms with Crippen LogP contribution in [-0.2, 0) is 10.9 Å². The number of hydrogen-bond donors (Lipinski definition) is 0. The van der Waals surface area contributed by atoms with E-state index in [1.165, 1.54) is 6.07 Å². The van der Waals surface area contributed by atoms with Gasteiger partial charge in [-0.15, -0.1) is 0 Å². The zero-order chi connectivity index (χ0) is 18.5. The molecule has 1 spiro atoms. The van der Waals surface area contributed by atoms with Gasteiger partial charge in [-0.1, -0.05) is 0 Å². The molecular formula is C17H21F3N2O3. The van der Waals surface area contributed by atoms with Crippen LogP contribution in [0.25, 0.3) is 0 Å². The maximum Gasteiger partial charge on any atom is 0.417 e. The minimum atomic E-state index is -4.43. The topological polar surface area (TPSA) is 51.7 Å². The van der Waals surface area contributed by atoms with Crippen LogP contribution in [0.2, 0.25) is 0 Å². The Morgan fingerprint density at radius 2 is 2.04 bits per heavy atom. The second-order valence-electron chi connectivity index (χ2n) is 7.53. The minimum absolute atomic E-state index is 0.130. The first-order valence-corrected chi connectivity index (χ1v) is 8.22. The van der Waals surface area contributed by atoms with Crippen molar-refractivity contribution in [2.45, 2.75) is 63.5 Å². The van der Waals surface area contributed by atoms with E-state index in [9.17, 15) is 18.0 Å². The van der Waals surface area contributed by atoms with Crippen LogP contribution in [0.15, 0.2) is 18.3 Å². The molecule has 1 saturated heterocycles. The number of rotatable bonds is 2. The molecule has 2 heterocycles. The first-order valence-electron chi connectivity index (χ1n) is 8.22. The second kappa shape index (κ2) is 5.78. The number of halogens is 3. The lowest BCUT2D eigenvalue weighted by atomic mass is 10.2. The Morgan fingerprint density at radius 1 is 1.32 bits per heavy atom. The molecule has 1 amide bonds. The van der Waals surface area contributed by atoms with Gasteiger partial charge in [0.2, 0.25) is 5.88 Å². The molecule has 1 aliphatic carbocycles. The van der Waals surface area contributed by atoms with Gasteiger partial charge < -0.3 is 9.47 Å². The summed E-state index contributed by atoms with van der Waals surface area (Å²) in [6, 6.07) is 2.15. The summed E-state index contributed by atoms with van der Waals surface area (Å²) < 4.78 is 48.9. The number of hydrogen-bond acceptors (Lipinski definition) is 4. The SMILES string of the molecule is CC(C)(C)OC(=O)N1CCCC12CC2Oc1ccc(C(F)(F)F)cn1. The molecule has 2 fully saturated rings. The van der Waals surface area contributed by atoms with Crippen molar-refractivity contribution in [3.05, 3.63) is 23.9 Å². The highest BCUT2D eigenvalue weighted by Gasteiger charge is 2.64. The first kappa shape index (κ1) is 17.8. The van der Waals surface area contributed by atoms with E-state index in [0.717, 1.165) is 25.1 Å². The van der Waals surface area contributed by atoms with Crippen molar-refractivity contribution in [2.75, 3.05) is 6.54 Å². The van der Waals surface area contributed by atoms with E-state index in [0.29, 0.717) is 13.0 Å². The zero-order valence-corrected chi connectivity index (χ0v) is 14.4. The normalized spacial score (nSPS) is 26.0. The second-order valence-corrected chi connectivity index (χ2v) is 7.53. The quantitative estimate of drug-likeness (QED) is 0.801. The van der Waals surface area contributed by atoms with Gasteiger partial charge in [0.25, 0.3) is 0 Å². The van der Waals surface area contributed by atoms with Crippen LogP contribution in [0.3, 0.4) is 0 Å². The number of aromatic nitrogens is 1. The van der Waals surface area contributed by atoms with Crippen LogP contribution in [0, 0.1) is 0 Å². The minimum Gasteiger partial charge on any atom is -0.472 e. The molecular weight excluding hydrogens is 337 g/mol. The molecule has 0 aromatic carbocycles. The highest BCUT2D eigenvalue weighted by atomic mass is 19.4. The van der Waals surface area contributed by atoms with Crippen LogP contribution >= 0.6 is 0 Å². The maximum atomic E-state index is 12.6. The van der Waals surface area contributed by atoms with Gasteiger partial charge in [-0.05, 0) is 39.7 Å². The van der Waals surface area contributed by atoms with Crippen molar-refractivity contribution in [2.24, 2.45) is 0 Å². The van der Waals surface area contributed by atoms with Gasteiger partial charge in [-0.25, -0.2) is 9.78 Å². The van der Waals surface area contributed by atoms with Gasteiger partial charge >= 0.3 is 12.3 Å². The number of carbonyl (C=O) groups excluding carboxylic acids is 1. The summed E-state index contributed by atoms with van der Waals surface area (Å²) in [4.78, 5) is 17.8. The van der Waals surface area contributed by atoms with Gasteiger partial charge in [0, 0.05) is 25.2 Å². The van der Waals surface area contributed by atoms with Crippen molar-refractivity contribution in [3.8, 4) is 5.88 Å². The van der Waals surface area contributed by atoms with Crippen LogP contribution in [0.4, 0.5) is 18.0 Å². The molecule has 0 radical (unpaired) electrons. The van der Waals surface area contributed by atoms with E-state index in [2.05, 4.69) is 4.98 Å². The average molecular weight is 358 g/mol. The summed E-state index contributed by atoms with van der Waals surface area (Å²) in [7, 11) is 0. The first-order chi connectivity index (χ1) is 11.5. The predicted octanol–water partition coefficient (Wildman–Crippen LogP) is 4.02. The Kier molecular flexibility index (Phi) is 4.12. The number of amides is 1. The lowest BCUT2D eigenvalue weighted by Crippen LogP contribution is -2.43. The molecule has 2 aliphatic rings. The van der Waals surface area contributed by atoms with Gasteiger partial charge in [0.05, 0.1) is 11.1 Å². The predicted molar refractivity (Wildman–Crippen MR) is 83.2 cm³/mol.